The smallest absolute Gasteiger partial charge is 0.414 e. The molecule has 1 aliphatic heterocycles. The number of amides is 2. The minimum Gasteiger partial charge on any atom is -0.465 e. The number of nitrogens with two attached hydrogens (primary N) is 1. The third-order valence-electron chi connectivity index (χ3n) is 1.71. The third-order valence-corrected chi connectivity index (χ3v) is 1.71. The summed E-state index contributed by atoms with van der Waals surface area (Å²) >= 11 is 0. The molecule has 1 fully saturated rings. The standard InChI is InChI=1S/C6H10N2O3/c7-4-2-1-3-8(5(4)9)6(10)11/h4H,1-3,7H2,(H,10,11). The Labute approximate surface area is 63.8 Å². The van der Waals surface area contributed by atoms with E-state index in [-0.39, 0.29) is 6.54 Å². The van der Waals surface area contributed by atoms with E-state index in [1.807, 2.05) is 0 Å². The first-order valence-corrected chi connectivity index (χ1v) is 3.43. The molecule has 0 spiro atoms. The molecule has 0 aliphatic carbocycles. The van der Waals surface area contributed by atoms with Crippen molar-refractivity contribution in [2.75, 3.05) is 6.54 Å². The molecule has 5 heteroatoms. The number of hydrogen-bond acceptors (Lipinski definition) is 3. The van der Waals surface area contributed by atoms with Crippen molar-refractivity contribution in [2.24, 2.45) is 5.73 Å². The quantitative estimate of drug-likeness (QED) is 0.503. The molecule has 0 aromatic heterocycles. The van der Waals surface area contributed by atoms with Gasteiger partial charge in [-0.15, -0.1) is 0 Å². The van der Waals surface area contributed by atoms with E-state index in [9.17, 15) is 9.59 Å². The fraction of sp³-hybridized carbons (Fsp3) is 0.667. The molecule has 0 aromatic carbocycles. The van der Waals surface area contributed by atoms with Crippen molar-refractivity contribution < 1.29 is 14.7 Å². The topological polar surface area (TPSA) is 83.6 Å². The molecule has 1 rings (SSSR count). The Kier molecular flexibility index (Phi) is 2.09. The van der Waals surface area contributed by atoms with Crippen LogP contribution in [-0.2, 0) is 4.79 Å². The maximum absolute atomic E-state index is 11.0. The second kappa shape index (κ2) is 2.87. The van der Waals surface area contributed by atoms with Gasteiger partial charge in [0.05, 0.1) is 6.04 Å². The summed E-state index contributed by atoms with van der Waals surface area (Å²) in [4.78, 5) is 22.1. The average molecular weight is 158 g/mol. The summed E-state index contributed by atoms with van der Waals surface area (Å²) in [7, 11) is 0. The van der Waals surface area contributed by atoms with Gasteiger partial charge in [-0.3, -0.25) is 4.79 Å². The van der Waals surface area contributed by atoms with Gasteiger partial charge in [0.2, 0.25) is 5.91 Å². The van der Waals surface area contributed by atoms with E-state index in [4.69, 9.17) is 10.8 Å². The predicted octanol–water partition coefficient (Wildman–Crippen LogP) is -0.386. The van der Waals surface area contributed by atoms with Gasteiger partial charge in [-0.2, -0.15) is 0 Å². The lowest BCUT2D eigenvalue weighted by atomic mass is 10.1. The molecular formula is C6H10N2O3. The molecule has 1 heterocycles. The second-order valence-electron chi connectivity index (χ2n) is 2.52. The van der Waals surface area contributed by atoms with E-state index in [1.54, 1.807) is 0 Å². The molecule has 1 saturated heterocycles. The highest BCUT2D eigenvalue weighted by atomic mass is 16.4. The number of carbonyl (C=O) groups excluding carboxylic acids is 1. The molecule has 2 amide bonds. The van der Waals surface area contributed by atoms with Crippen LogP contribution in [0.4, 0.5) is 4.79 Å². The summed E-state index contributed by atoms with van der Waals surface area (Å²) in [6.45, 7) is 0.280. The van der Waals surface area contributed by atoms with Crippen LogP contribution in [0.2, 0.25) is 0 Å². The Balaban J connectivity index is 2.66. The number of carboxylic acid groups (broad SMARTS) is 1. The maximum Gasteiger partial charge on any atom is 0.414 e. The first-order chi connectivity index (χ1) is 5.13. The Bertz CT molecular complexity index is 192. The maximum atomic E-state index is 11.0. The normalized spacial score (nSPS) is 25.4. The van der Waals surface area contributed by atoms with Crippen molar-refractivity contribution in [2.45, 2.75) is 18.9 Å². The molecule has 11 heavy (non-hydrogen) atoms. The van der Waals surface area contributed by atoms with Gasteiger partial charge >= 0.3 is 6.09 Å². The van der Waals surface area contributed by atoms with Crippen molar-refractivity contribution in [1.82, 2.24) is 4.90 Å². The molecule has 0 saturated carbocycles. The van der Waals surface area contributed by atoms with E-state index in [1.165, 1.54) is 0 Å². The van der Waals surface area contributed by atoms with Crippen molar-refractivity contribution in [3.8, 4) is 0 Å². The lowest BCUT2D eigenvalue weighted by Gasteiger charge is -2.25. The minimum atomic E-state index is -1.20. The zero-order chi connectivity index (χ0) is 8.43. The van der Waals surface area contributed by atoms with Crippen LogP contribution >= 0.6 is 0 Å². The van der Waals surface area contributed by atoms with Crippen LogP contribution in [0.5, 0.6) is 0 Å². The van der Waals surface area contributed by atoms with Gasteiger partial charge in [-0.05, 0) is 12.8 Å². The van der Waals surface area contributed by atoms with Gasteiger partial charge in [0, 0.05) is 6.54 Å². The summed E-state index contributed by atoms with van der Waals surface area (Å²) in [5, 5.41) is 8.48. The minimum absolute atomic E-state index is 0.280. The molecule has 0 radical (unpaired) electrons. The van der Waals surface area contributed by atoms with Gasteiger partial charge in [-0.25, -0.2) is 9.69 Å². The van der Waals surface area contributed by atoms with Crippen LogP contribution in [0.3, 0.4) is 0 Å². The van der Waals surface area contributed by atoms with Crippen LogP contribution in [0.15, 0.2) is 0 Å². The van der Waals surface area contributed by atoms with Crippen LogP contribution in [0, 0.1) is 0 Å². The van der Waals surface area contributed by atoms with Gasteiger partial charge in [0.25, 0.3) is 0 Å². The molecule has 62 valence electrons. The Hall–Kier alpha value is -1.10. The van der Waals surface area contributed by atoms with E-state index in [2.05, 4.69) is 0 Å². The van der Waals surface area contributed by atoms with E-state index in [0.29, 0.717) is 12.8 Å². The Morgan fingerprint density at radius 1 is 1.73 bits per heavy atom. The number of piperidine rings is 1. The number of rotatable bonds is 0. The van der Waals surface area contributed by atoms with Crippen LogP contribution in [0.25, 0.3) is 0 Å². The lowest BCUT2D eigenvalue weighted by Crippen LogP contribution is -2.50. The fourth-order valence-corrected chi connectivity index (χ4v) is 1.09. The molecule has 0 aromatic rings. The largest absolute Gasteiger partial charge is 0.465 e. The first-order valence-electron chi connectivity index (χ1n) is 3.43. The molecule has 1 atom stereocenters. The van der Waals surface area contributed by atoms with E-state index >= 15 is 0 Å². The van der Waals surface area contributed by atoms with Crippen molar-refractivity contribution in [3.05, 3.63) is 0 Å². The monoisotopic (exact) mass is 158 g/mol. The number of carbonyl (C=O) groups is 2. The number of likely N-dealkylation sites (tertiary alicyclic amines) is 1. The zero-order valence-corrected chi connectivity index (χ0v) is 5.99. The summed E-state index contributed by atoms with van der Waals surface area (Å²) in [5.41, 5.74) is 5.35. The SMILES string of the molecule is NC1CCCN(C(=O)O)C1=O. The number of imide groups is 1. The highest BCUT2D eigenvalue weighted by molar-refractivity contribution is 5.94. The fourth-order valence-electron chi connectivity index (χ4n) is 1.09. The van der Waals surface area contributed by atoms with Gasteiger partial charge in [0.1, 0.15) is 0 Å². The lowest BCUT2D eigenvalue weighted by molar-refractivity contribution is -0.132. The highest BCUT2D eigenvalue weighted by Gasteiger charge is 2.29. The molecule has 1 unspecified atom stereocenters. The highest BCUT2D eigenvalue weighted by Crippen LogP contribution is 2.09. The van der Waals surface area contributed by atoms with Crippen molar-refractivity contribution >= 4 is 12.0 Å². The molecule has 1 aliphatic rings. The van der Waals surface area contributed by atoms with Crippen LogP contribution in [-0.4, -0.2) is 34.6 Å². The first kappa shape index (κ1) is 8.00. The summed E-state index contributed by atoms with van der Waals surface area (Å²) in [6, 6.07) is -0.625. The molecule has 0 bridgehead atoms. The van der Waals surface area contributed by atoms with E-state index in [0.717, 1.165) is 4.90 Å². The van der Waals surface area contributed by atoms with Gasteiger partial charge in [0.15, 0.2) is 0 Å². The number of hydrogen-bond donors (Lipinski definition) is 2. The third kappa shape index (κ3) is 1.48. The average Bonchev–Trinajstić information content (AvgIpc) is 1.94. The number of nitrogens with zero attached hydrogens (tertiary/aromatic N) is 1. The van der Waals surface area contributed by atoms with Crippen molar-refractivity contribution in [1.29, 1.82) is 0 Å². The summed E-state index contributed by atoms with van der Waals surface area (Å²) in [6.07, 6.45) is 0.0482. The molecule has 5 nitrogen and oxygen atoms in total. The molecular weight excluding hydrogens is 148 g/mol. The predicted molar refractivity (Wildman–Crippen MR) is 36.9 cm³/mol. The summed E-state index contributed by atoms with van der Waals surface area (Å²) < 4.78 is 0. The van der Waals surface area contributed by atoms with Gasteiger partial charge in [-0.1, -0.05) is 0 Å². The van der Waals surface area contributed by atoms with Crippen LogP contribution < -0.4 is 5.73 Å². The van der Waals surface area contributed by atoms with Crippen LogP contribution in [0.1, 0.15) is 12.8 Å². The van der Waals surface area contributed by atoms with E-state index < -0.39 is 18.0 Å². The second-order valence-corrected chi connectivity index (χ2v) is 2.52. The Morgan fingerprint density at radius 3 is 2.82 bits per heavy atom. The molecule has 3 N–H and O–H groups in total. The Morgan fingerprint density at radius 2 is 2.36 bits per heavy atom. The van der Waals surface area contributed by atoms with Crippen molar-refractivity contribution in [3.63, 3.8) is 0 Å². The zero-order valence-electron chi connectivity index (χ0n) is 5.99. The van der Waals surface area contributed by atoms with Gasteiger partial charge < -0.3 is 10.8 Å². The summed E-state index contributed by atoms with van der Waals surface area (Å²) in [5.74, 6) is -0.483.